The van der Waals surface area contributed by atoms with Crippen LogP contribution in [-0.2, 0) is 12.8 Å². The lowest BCUT2D eigenvalue weighted by Gasteiger charge is -2.27. The first kappa shape index (κ1) is 21.2. The number of rotatable bonds is 2. The van der Waals surface area contributed by atoms with Crippen molar-refractivity contribution in [2.45, 2.75) is 54.4 Å². The summed E-state index contributed by atoms with van der Waals surface area (Å²) in [7, 11) is 0. The second-order valence-electron chi connectivity index (χ2n) is 12.1. The minimum absolute atomic E-state index is 0.0845. The van der Waals surface area contributed by atoms with E-state index in [0.717, 1.165) is 57.5 Å². The molecule has 0 bridgehead atoms. The van der Waals surface area contributed by atoms with Crippen LogP contribution in [0.25, 0.3) is 43.8 Å². The van der Waals surface area contributed by atoms with Crippen LogP contribution in [0.4, 0.5) is 0 Å². The van der Waals surface area contributed by atoms with Crippen molar-refractivity contribution in [2.24, 2.45) is 10.8 Å². The van der Waals surface area contributed by atoms with Gasteiger partial charge in [-0.15, -0.1) is 0 Å². The summed E-state index contributed by atoms with van der Waals surface area (Å²) in [5.41, 5.74) is 5.72. The third kappa shape index (κ3) is 3.37. The van der Waals surface area contributed by atoms with Gasteiger partial charge in [-0.05, 0) is 69.7 Å². The molecular formula is C31H31NO2. The van der Waals surface area contributed by atoms with Crippen molar-refractivity contribution in [3.05, 3.63) is 66.1 Å². The fourth-order valence-corrected chi connectivity index (χ4v) is 5.43. The maximum atomic E-state index is 6.80. The van der Waals surface area contributed by atoms with Gasteiger partial charge in [0.2, 0.25) is 0 Å². The fraction of sp³-hybridized carbons (Fsp3) is 0.323. The van der Waals surface area contributed by atoms with Crippen molar-refractivity contribution in [3.8, 4) is 22.8 Å². The molecule has 0 amide bonds. The van der Waals surface area contributed by atoms with Gasteiger partial charge in [0.1, 0.15) is 17.1 Å². The molecule has 1 aliphatic rings. The molecule has 5 aromatic rings. The first-order valence-electron chi connectivity index (χ1n) is 12.1. The summed E-state index contributed by atoms with van der Waals surface area (Å²) in [5.74, 6) is 1.78. The van der Waals surface area contributed by atoms with Crippen LogP contribution in [0.1, 0.15) is 52.7 Å². The molecule has 172 valence electrons. The van der Waals surface area contributed by atoms with Gasteiger partial charge in [-0.1, -0.05) is 59.7 Å². The number of hydrogen-bond acceptors (Lipinski definition) is 3. The molecule has 34 heavy (non-hydrogen) atoms. The van der Waals surface area contributed by atoms with Crippen LogP contribution < -0.4 is 4.74 Å². The molecule has 0 unspecified atom stereocenters. The number of fused-ring (bicyclic) bond motifs is 5. The van der Waals surface area contributed by atoms with Crippen LogP contribution in [0.3, 0.4) is 0 Å². The molecule has 0 spiro atoms. The molecule has 0 N–H and O–H groups in total. The highest BCUT2D eigenvalue weighted by atomic mass is 16.5. The lowest BCUT2D eigenvalue weighted by molar-refractivity contribution is 0.397. The average molecular weight is 450 g/mol. The molecule has 3 nitrogen and oxygen atoms in total. The normalized spacial score (nSPS) is 13.5. The topological polar surface area (TPSA) is 35.3 Å². The number of aromatic nitrogens is 1. The van der Waals surface area contributed by atoms with Crippen molar-refractivity contribution in [1.82, 2.24) is 4.98 Å². The number of benzene rings is 3. The van der Waals surface area contributed by atoms with Gasteiger partial charge >= 0.3 is 0 Å². The Hall–Kier alpha value is -3.33. The van der Waals surface area contributed by atoms with E-state index in [9.17, 15) is 0 Å². The summed E-state index contributed by atoms with van der Waals surface area (Å²) in [6.45, 7) is 13.6. The Labute approximate surface area is 200 Å². The van der Waals surface area contributed by atoms with E-state index in [-0.39, 0.29) is 10.8 Å². The van der Waals surface area contributed by atoms with Gasteiger partial charge in [-0.25, -0.2) is 0 Å². The Morgan fingerprint density at radius 3 is 2.38 bits per heavy atom. The Kier molecular flexibility index (Phi) is 4.42. The van der Waals surface area contributed by atoms with Gasteiger partial charge in [-0.2, -0.15) is 0 Å². The van der Waals surface area contributed by atoms with Crippen molar-refractivity contribution in [3.63, 3.8) is 0 Å². The zero-order valence-electron chi connectivity index (χ0n) is 20.9. The Morgan fingerprint density at radius 1 is 0.824 bits per heavy atom. The molecular weight excluding hydrogens is 418 g/mol. The molecule has 0 aliphatic carbocycles. The second kappa shape index (κ2) is 7.09. The van der Waals surface area contributed by atoms with E-state index in [4.69, 9.17) is 14.1 Å². The van der Waals surface area contributed by atoms with Gasteiger partial charge < -0.3 is 9.15 Å². The van der Waals surface area contributed by atoms with Crippen LogP contribution in [-0.4, -0.2) is 4.98 Å². The van der Waals surface area contributed by atoms with Crippen molar-refractivity contribution in [1.29, 1.82) is 0 Å². The molecule has 0 saturated carbocycles. The van der Waals surface area contributed by atoms with Crippen LogP contribution in [0.15, 0.2) is 59.3 Å². The minimum atomic E-state index is 0.0845. The molecule has 0 atom stereocenters. The van der Waals surface area contributed by atoms with Gasteiger partial charge in [0.05, 0.1) is 17.3 Å². The Morgan fingerprint density at radius 2 is 1.62 bits per heavy atom. The third-order valence-corrected chi connectivity index (χ3v) is 6.64. The summed E-state index contributed by atoms with van der Waals surface area (Å²) in [6.07, 6.45) is 5.58. The van der Waals surface area contributed by atoms with Crippen LogP contribution in [0, 0.1) is 10.8 Å². The Balaban J connectivity index is 1.68. The van der Waals surface area contributed by atoms with E-state index in [1.54, 1.807) is 6.26 Å². The van der Waals surface area contributed by atoms with E-state index in [2.05, 4.69) is 77.9 Å². The molecule has 6 rings (SSSR count). The monoisotopic (exact) mass is 449 g/mol. The maximum Gasteiger partial charge on any atom is 0.143 e. The number of nitrogens with zero attached hydrogens (tertiary/aromatic N) is 1. The van der Waals surface area contributed by atoms with Gasteiger partial charge in [-0.3, -0.25) is 4.98 Å². The van der Waals surface area contributed by atoms with E-state index < -0.39 is 0 Å². The standard InChI is InChI=1S/C31H31NO2/c1-30(2,3)16-19-8-7-9-20-21-10-12-32-27-23-14-18-11-13-33-28(18)24(17-31(4,5)6)29(23)34-25(26(21)27)15-22(19)20/h7-15H,16-17H2,1-6H3. The maximum absolute atomic E-state index is 6.80. The number of furan rings is 1. The Bertz CT molecular complexity index is 1590. The molecule has 2 aromatic heterocycles. The third-order valence-electron chi connectivity index (χ3n) is 6.64. The quantitative estimate of drug-likeness (QED) is 0.247. The summed E-state index contributed by atoms with van der Waals surface area (Å²) in [5, 5.41) is 5.91. The molecule has 0 radical (unpaired) electrons. The van der Waals surface area contributed by atoms with Gasteiger partial charge in [0.25, 0.3) is 0 Å². The number of pyridine rings is 1. The van der Waals surface area contributed by atoms with Gasteiger partial charge in [0, 0.05) is 22.7 Å². The highest BCUT2D eigenvalue weighted by Crippen LogP contribution is 2.52. The first-order valence-corrected chi connectivity index (χ1v) is 12.1. The van der Waals surface area contributed by atoms with Crippen molar-refractivity contribution >= 4 is 32.5 Å². The highest BCUT2D eigenvalue weighted by Gasteiger charge is 2.29. The molecule has 3 aromatic carbocycles. The van der Waals surface area contributed by atoms with E-state index in [0.29, 0.717) is 0 Å². The SMILES string of the molecule is CC(C)(C)Cc1cccc2c1cc1c3c(nccc32)-c2cc3ccoc3c(CC(C)(C)C)c2O1. The van der Waals surface area contributed by atoms with Crippen molar-refractivity contribution in [2.75, 3.05) is 0 Å². The highest BCUT2D eigenvalue weighted by molar-refractivity contribution is 6.16. The zero-order chi connectivity index (χ0) is 23.8. The molecule has 3 heteroatoms. The smallest absolute Gasteiger partial charge is 0.143 e. The first-order chi connectivity index (χ1) is 16.1. The van der Waals surface area contributed by atoms with Crippen LogP contribution in [0.5, 0.6) is 11.5 Å². The minimum Gasteiger partial charge on any atom is -0.464 e. The van der Waals surface area contributed by atoms with E-state index >= 15 is 0 Å². The summed E-state index contributed by atoms with van der Waals surface area (Å²) >= 11 is 0. The zero-order valence-corrected chi connectivity index (χ0v) is 20.9. The molecule has 0 saturated heterocycles. The van der Waals surface area contributed by atoms with E-state index in [1.807, 2.05) is 12.3 Å². The fourth-order valence-electron chi connectivity index (χ4n) is 5.43. The van der Waals surface area contributed by atoms with E-state index in [1.165, 1.54) is 21.7 Å². The second-order valence-corrected chi connectivity index (χ2v) is 12.1. The molecule has 3 heterocycles. The summed E-state index contributed by atoms with van der Waals surface area (Å²) in [4.78, 5) is 4.89. The van der Waals surface area contributed by atoms with Gasteiger partial charge in [0.15, 0.2) is 0 Å². The summed E-state index contributed by atoms with van der Waals surface area (Å²) in [6, 6.07) is 15.2. The molecule has 0 fully saturated rings. The average Bonchev–Trinajstić information content (AvgIpc) is 3.22. The lowest BCUT2D eigenvalue weighted by atomic mass is 9.84. The number of hydrogen-bond donors (Lipinski definition) is 0. The van der Waals surface area contributed by atoms with Crippen LogP contribution >= 0.6 is 0 Å². The molecule has 1 aliphatic heterocycles. The number of ether oxygens (including phenoxy) is 1. The predicted molar refractivity (Wildman–Crippen MR) is 141 cm³/mol. The lowest BCUT2D eigenvalue weighted by Crippen LogP contribution is -2.12. The largest absolute Gasteiger partial charge is 0.464 e. The predicted octanol–water partition coefficient (Wildman–Crippen LogP) is 9.08. The van der Waals surface area contributed by atoms with Crippen molar-refractivity contribution < 1.29 is 9.15 Å². The summed E-state index contributed by atoms with van der Waals surface area (Å²) < 4.78 is 12.8. The van der Waals surface area contributed by atoms with Crippen LogP contribution in [0.2, 0.25) is 0 Å².